The molecule has 0 spiro atoms. The average Bonchev–Trinajstić information content (AvgIpc) is 2.61. The van der Waals surface area contributed by atoms with Crippen LogP contribution in [0, 0.1) is 6.92 Å². The van der Waals surface area contributed by atoms with Crippen LogP contribution in [0.2, 0.25) is 5.15 Å². The highest BCUT2D eigenvalue weighted by atomic mass is 35.5. The van der Waals surface area contributed by atoms with Crippen molar-refractivity contribution < 1.29 is 0 Å². The number of hydrogen-bond donors (Lipinski definition) is 1. The number of halogens is 1. The summed E-state index contributed by atoms with van der Waals surface area (Å²) in [5.41, 5.74) is 2.70. The minimum atomic E-state index is 0.298. The number of aryl methyl sites for hydroxylation is 2. The smallest absolute Gasteiger partial charge is 0.159 e. The van der Waals surface area contributed by atoms with E-state index in [0.717, 1.165) is 22.3 Å². The van der Waals surface area contributed by atoms with Crippen molar-refractivity contribution >= 4 is 28.7 Å². The van der Waals surface area contributed by atoms with Crippen LogP contribution < -0.4 is 5.32 Å². The highest BCUT2D eigenvalue weighted by molar-refractivity contribution is 6.31. The molecule has 18 heavy (non-hydrogen) atoms. The van der Waals surface area contributed by atoms with Crippen molar-refractivity contribution in [2.45, 2.75) is 19.9 Å². The molecular formula is C13H17ClN4. The third kappa shape index (κ3) is 2.40. The van der Waals surface area contributed by atoms with Crippen LogP contribution in [0.1, 0.15) is 18.2 Å². The summed E-state index contributed by atoms with van der Waals surface area (Å²) >= 11 is 6.19. The molecule has 0 saturated heterocycles. The monoisotopic (exact) mass is 264 g/mol. The summed E-state index contributed by atoms with van der Waals surface area (Å²) in [4.78, 5) is 4.39. The zero-order valence-corrected chi connectivity index (χ0v) is 11.8. The Hall–Kier alpha value is -1.39. The van der Waals surface area contributed by atoms with Crippen molar-refractivity contribution in [2.75, 3.05) is 7.05 Å². The van der Waals surface area contributed by atoms with Crippen molar-refractivity contribution in [1.29, 1.82) is 0 Å². The van der Waals surface area contributed by atoms with Gasteiger partial charge in [0.15, 0.2) is 5.65 Å². The van der Waals surface area contributed by atoms with Crippen molar-refractivity contribution in [3.05, 3.63) is 28.6 Å². The Morgan fingerprint density at radius 1 is 1.50 bits per heavy atom. The quantitative estimate of drug-likeness (QED) is 0.867. The SMILES string of the molecule is CNC(C)/C=C/c1cc2c(C)nn(C)c2nc1Cl. The van der Waals surface area contributed by atoms with E-state index in [4.69, 9.17) is 11.6 Å². The van der Waals surface area contributed by atoms with Gasteiger partial charge in [0.25, 0.3) is 0 Å². The molecule has 1 N–H and O–H groups in total. The molecule has 1 atom stereocenters. The molecule has 0 aliphatic rings. The molecule has 0 radical (unpaired) electrons. The van der Waals surface area contributed by atoms with Crippen LogP contribution in [0.5, 0.6) is 0 Å². The van der Waals surface area contributed by atoms with E-state index in [-0.39, 0.29) is 0 Å². The summed E-state index contributed by atoms with van der Waals surface area (Å²) in [5.74, 6) is 0. The standard InChI is InChI=1S/C13H17ClN4/c1-8(15-3)5-6-10-7-11-9(2)17-18(4)13(11)16-12(10)14/h5-8,15H,1-4H3/b6-5+. The van der Waals surface area contributed by atoms with E-state index in [9.17, 15) is 0 Å². The normalized spacial score (nSPS) is 13.6. The first-order chi connectivity index (χ1) is 8.52. The third-order valence-corrected chi connectivity index (χ3v) is 3.30. The molecule has 0 saturated carbocycles. The number of likely N-dealkylation sites (N-methyl/N-ethyl adjacent to an activating group) is 1. The highest BCUT2D eigenvalue weighted by Crippen LogP contribution is 2.23. The maximum atomic E-state index is 6.19. The number of nitrogens with zero attached hydrogens (tertiary/aromatic N) is 3. The maximum Gasteiger partial charge on any atom is 0.159 e. The summed E-state index contributed by atoms with van der Waals surface area (Å²) in [6.07, 6.45) is 4.04. The lowest BCUT2D eigenvalue weighted by atomic mass is 10.1. The van der Waals surface area contributed by atoms with Gasteiger partial charge in [-0.2, -0.15) is 5.10 Å². The van der Waals surface area contributed by atoms with E-state index >= 15 is 0 Å². The van der Waals surface area contributed by atoms with Crippen molar-refractivity contribution in [1.82, 2.24) is 20.1 Å². The summed E-state index contributed by atoms with van der Waals surface area (Å²) in [6.45, 7) is 4.05. The lowest BCUT2D eigenvalue weighted by Gasteiger charge is -2.04. The van der Waals surface area contributed by atoms with Gasteiger partial charge in [0.2, 0.25) is 0 Å². The Kier molecular flexibility index (Phi) is 3.68. The molecule has 96 valence electrons. The van der Waals surface area contributed by atoms with Crippen molar-refractivity contribution in [3.63, 3.8) is 0 Å². The molecule has 2 rings (SSSR count). The van der Waals surface area contributed by atoms with Crippen LogP contribution in [0.3, 0.4) is 0 Å². The molecule has 0 aliphatic heterocycles. The molecule has 0 bridgehead atoms. The molecule has 0 aliphatic carbocycles. The summed E-state index contributed by atoms with van der Waals surface area (Å²) < 4.78 is 1.75. The van der Waals surface area contributed by atoms with Gasteiger partial charge < -0.3 is 5.32 Å². The van der Waals surface area contributed by atoms with Gasteiger partial charge in [-0.15, -0.1) is 0 Å². The van der Waals surface area contributed by atoms with Gasteiger partial charge in [-0.05, 0) is 27.0 Å². The Bertz CT molecular complexity index is 601. The fourth-order valence-electron chi connectivity index (χ4n) is 1.80. The van der Waals surface area contributed by atoms with E-state index in [2.05, 4.69) is 28.4 Å². The van der Waals surface area contributed by atoms with Gasteiger partial charge >= 0.3 is 0 Å². The van der Waals surface area contributed by atoms with Gasteiger partial charge in [-0.25, -0.2) is 4.98 Å². The lowest BCUT2D eigenvalue weighted by Crippen LogP contribution is -2.17. The van der Waals surface area contributed by atoms with Gasteiger partial charge in [0.05, 0.1) is 5.69 Å². The summed E-state index contributed by atoms with van der Waals surface area (Å²) in [7, 11) is 3.79. The summed E-state index contributed by atoms with van der Waals surface area (Å²) in [6, 6.07) is 2.33. The first-order valence-corrected chi connectivity index (χ1v) is 6.26. The van der Waals surface area contributed by atoms with Crippen LogP contribution in [-0.2, 0) is 7.05 Å². The van der Waals surface area contributed by atoms with E-state index in [1.807, 2.05) is 33.2 Å². The Morgan fingerprint density at radius 3 is 2.89 bits per heavy atom. The maximum absolute atomic E-state index is 6.19. The molecule has 2 aromatic heterocycles. The molecular weight excluding hydrogens is 248 g/mol. The predicted molar refractivity (Wildman–Crippen MR) is 75.8 cm³/mol. The minimum absolute atomic E-state index is 0.298. The molecule has 0 fully saturated rings. The van der Waals surface area contributed by atoms with Crippen LogP contribution in [0.15, 0.2) is 12.1 Å². The Balaban J connectivity index is 2.49. The van der Waals surface area contributed by atoms with Crippen molar-refractivity contribution in [2.24, 2.45) is 7.05 Å². The molecule has 4 nitrogen and oxygen atoms in total. The molecule has 0 amide bonds. The highest BCUT2D eigenvalue weighted by Gasteiger charge is 2.09. The predicted octanol–water partition coefficient (Wildman–Crippen LogP) is 2.55. The number of hydrogen-bond acceptors (Lipinski definition) is 3. The zero-order valence-electron chi connectivity index (χ0n) is 11.0. The fourth-order valence-corrected chi connectivity index (χ4v) is 2.00. The van der Waals surface area contributed by atoms with Crippen LogP contribution >= 0.6 is 11.6 Å². The second-order valence-corrected chi connectivity index (χ2v) is 4.74. The zero-order chi connectivity index (χ0) is 13.3. The second-order valence-electron chi connectivity index (χ2n) is 4.39. The average molecular weight is 265 g/mol. The topological polar surface area (TPSA) is 42.7 Å². The first kappa shape index (κ1) is 13.1. The second kappa shape index (κ2) is 5.08. The van der Waals surface area contributed by atoms with E-state index in [0.29, 0.717) is 11.2 Å². The third-order valence-electron chi connectivity index (χ3n) is 3.00. The van der Waals surface area contributed by atoms with Crippen LogP contribution in [0.4, 0.5) is 0 Å². The van der Waals surface area contributed by atoms with Gasteiger partial charge in [-0.1, -0.05) is 23.8 Å². The van der Waals surface area contributed by atoms with Gasteiger partial charge in [0.1, 0.15) is 5.15 Å². The fraction of sp³-hybridized carbons (Fsp3) is 0.385. The molecule has 2 aromatic rings. The Labute approximate surface area is 112 Å². The lowest BCUT2D eigenvalue weighted by molar-refractivity contribution is 0.731. The van der Waals surface area contributed by atoms with Gasteiger partial charge in [0, 0.05) is 24.0 Å². The molecule has 2 heterocycles. The van der Waals surface area contributed by atoms with E-state index < -0.39 is 0 Å². The molecule has 1 unspecified atom stereocenters. The largest absolute Gasteiger partial charge is 0.314 e. The Morgan fingerprint density at radius 2 is 2.22 bits per heavy atom. The number of aromatic nitrogens is 3. The van der Waals surface area contributed by atoms with Gasteiger partial charge in [-0.3, -0.25) is 4.68 Å². The van der Waals surface area contributed by atoms with Crippen LogP contribution in [0.25, 0.3) is 17.1 Å². The molecule has 0 aromatic carbocycles. The number of nitrogens with one attached hydrogen (secondary N) is 1. The van der Waals surface area contributed by atoms with Crippen LogP contribution in [-0.4, -0.2) is 27.9 Å². The number of rotatable bonds is 3. The van der Waals surface area contributed by atoms with E-state index in [1.54, 1.807) is 4.68 Å². The first-order valence-electron chi connectivity index (χ1n) is 5.88. The van der Waals surface area contributed by atoms with Crippen molar-refractivity contribution in [3.8, 4) is 0 Å². The number of fused-ring (bicyclic) bond motifs is 1. The van der Waals surface area contributed by atoms with E-state index in [1.165, 1.54) is 0 Å². The molecule has 5 heteroatoms. The number of pyridine rings is 1. The summed E-state index contributed by atoms with van der Waals surface area (Å²) in [5, 5.41) is 9.03. The minimum Gasteiger partial charge on any atom is -0.314 e.